The zero-order valence-corrected chi connectivity index (χ0v) is 8.55. The fourth-order valence-corrected chi connectivity index (χ4v) is 1.49. The number of rotatable bonds is 2. The molecule has 2 aromatic rings. The second-order valence-electron chi connectivity index (χ2n) is 3.54. The molecule has 0 saturated heterocycles. The molecular formula is C11H11F2NO. The summed E-state index contributed by atoms with van der Waals surface area (Å²) in [5, 5.41) is 0. The highest BCUT2D eigenvalue weighted by molar-refractivity contribution is 5.76. The van der Waals surface area contributed by atoms with Crippen LogP contribution in [0, 0.1) is 0 Å². The third-order valence-corrected chi connectivity index (χ3v) is 2.31. The first-order valence-corrected chi connectivity index (χ1v) is 4.78. The number of hydrogen-bond acceptors (Lipinski definition) is 2. The number of aryl methyl sites for hydroxylation is 1. The van der Waals surface area contributed by atoms with Gasteiger partial charge in [-0.3, -0.25) is 4.98 Å². The highest BCUT2D eigenvalue weighted by atomic mass is 19.3. The zero-order valence-electron chi connectivity index (χ0n) is 8.55. The normalized spacial score (nSPS) is 12.3. The van der Waals surface area contributed by atoms with E-state index in [4.69, 9.17) is 4.42 Å². The topological polar surface area (TPSA) is 26.0 Å². The molecule has 0 aliphatic carbocycles. The predicted molar refractivity (Wildman–Crippen MR) is 53.0 cm³/mol. The van der Waals surface area contributed by atoms with Gasteiger partial charge in [-0.25, -0.2) is 0 Å². The first-order chi connectivity index (χ1) is 7.02. The first kappa shape index (κ1) is 10.1. The Hall–Kier alpha value is -1.45. The van der Waals surface area contributed by atoms with Crippen LogP contribution < -0.4 is 0 Å². The lowest BCUT2D eigenvalue weighted by Gasteiger charge is -2.04. The van der Waals surface area contributed by atoms with Crippen molar-refractivity contribution < 1.29 is 13.2 Å². The van der Waals surface area contributed by atoms with Crippen molar-refractivity contribution in [1.82, 2.24) is 4.98 Å². The number of pyridine rings is 1. The van der Waals surface area contributed by atoms with Crippen LogP contribution in [-0.2, 0) is 12.3 Å². The molecule has 0 unspecified atom stereocenters. The fourth-order valence-electron chi connectivity index (χ4n) is 1.49. The van der Waals surface area contributed by atoms with Crippen LogP contribution in [0.2, 0.25) is 0 Å². The minimum Gasteiger partial charge on any atom is -0.453 e. The van der Waals surface area contributed by atoms with Gasteiger partial charge in [-0.05, 0) is 18.1 Å². The van der Waals surface area contributed by atoms with Crippen molar-refractivity contribution in [2.24, 2.45) is 0 Å². The zero-order chi connectivity index (χ0) is 11.1. The van der Waals surface area contributed by atoms with E-state index in [0.717, 1.165) is 18.9 Å². The Morgan fingerprint density at radius 3 is 2.80 bits per heavy atom. The van der Waals surface area contributed by atoms with Gasteiger partial charge in [0.05, 0.1) is 0 Å². The van der Waals surface area contributed by atoms with E-state index in [1.54, 1.807) is 12.3 Å². The molecule has 0 N–H and O–H groups in total. The molecule has 0 aliphatic heterocycles. The largest absolute Gasteiger partial charge is 0.453 e. The molecule has 2 aromatic heterocycles. The van der Waals surface area contributed by atoms with E-state index in [0.29, 0.717) is 11.1 Å². The minimum absolute atomic E-state index is 0.328. The van der Waals surface area contributed by atoms with Gasteiger partial charge in [0.2, 0.25) is 0 Å². The van der Waals surface area contributed by atoms with Gasteiger partial charge in [-0.1, -0.05) is 6.92 Å². The Labute approximate surface area is 85.9 Å². The van der Waals surface area contributed by atoms with Crippen LogP contribution >= 0.6 is 0 Å². The summed E-state index contributed by atoms with van der Waals surface area (Å²) < 4.78 is 31.2. The molecular weight excluding hydrogens is 200 g/mol. The number of nitrogens with zero attached hydrogens (tertiary/aromatic N) is 1. The van der Waals surface area contributed by atoms with Gasteiger partial charge in [0.25, 0.3) is 0 Å². The number of aromatic nitrogens is 1. The SMILES string of the molecule is CCc1ccnc2cc(C(C)(F)F)oc12. The van der Waals surface area contributed by atoms with Gasteiger partial charge in [0.15, 0.2) is 11.3 Å². The lowest BCUT2D eigenvalue weighted by atomic mass is 10.2. The second-order valence-corrected chi connectivity index (χ2v) is 3.54. The van der Waals surface area contributed by atoms with Crippen molar-refractivity contribution in [1.29, 1.82) is 0 Å². The van der Waals surface area contributed by atoms with Crippen LogP contribution in [0.15, 0.2) is 22.7 Å². The van der Waals surface area contributed by atoms with E-state index in [9.17, 15) is 8.78 Å². The molecule has 0 aromatic carbocycles. The third-order valence-electron chi connectivity index (χ3n) is 2.31. The maximum atomic E-state index is 13.0. The molecule has 2 nitrogen and oxygen atoms in total. The van der Waals surface area contributed by atoms with Gasteiger partial charge in [0, 0.05) is 19.2 Å². The van der Waals surface area contributed by atoms with Crippen LogP contribution in [0.5, 0.6) is 0 Å². The Morgan fingerprint density at radius 2 is 2.20 bits per heavy atom. The third kappa shape index (κ3) is 1.71. The summed E-state index contributed by atoms with van der Waals surface area (Å²) in [5.41, 5.74) is 1.86. The van der Waals surface area contributed by atoms with Crippen molar-refractivity contribution in [2.75, 3.05) is 0 Å². The minimum atomic E-state index is -2.95. The summed E-state index contributed by atoms with van der Waals surface area (Å²) in [5.74, 6) is -3.28. The average Bonchev–Trinajstić information content (AvgIpc) is 2.59. The molecule has 4 heteroatoms. The molecule has 0 radical (unpaired) electrons. The quantitative estimate of drug-likeness (QED) is 0.759. The van der Waals surface area contributed by atoms with E-state index >= 15 is 0 Å². The van der Waals surface area contributed by atoms with E-state index < -0.39 is 5.92 Å². The Bertz CT molecular complexity index is 485. The van der Waals surface area contributed by atoms with E-state index in [1.165, 1.54) is 6.07 Å². The molecule has 2 heterocycles. The molecule has 0 amide bonds. The molecule has 0 spiro atoms. The summed E-state index contributed by atoms with van der Waals surface area (Å²) in [6.07, 6.45) is 2.34. The summed E-state index contributed by atoms with van der Waals surface area (Å²) in [7, 11) is 0. The molecule has 0 fully saturated rings. The molecule has 0 aliphatic rings. The van der Waals surface area contributed by atoms with Crippen LogP contribution in [0.3, 0.4) is 0 Å². The standard InChI is InChI=1S/C11H11F2NO/c1-3-7-4-5-14-8-6-9(11(2,12)13)15-10(7)8/h4-6H,3H2,1-2H3. The molecule has 15 heavy (non-hydrogen) atoms. The van der Waals surface area contributed by atoms with E-state index in [1.807, 2.05) is 6.92 Å². The Balaban J connectivity index is 2.65. The Kier molecular flexibility index (Phi) is 2.21. The summed E-state index contributed by atoms with van der Waals surface area (Å²) in [6.45, 7) is 2.76. The van der Waals surface area contributed by atoms with Crippen molar-refractivity contribution in [3.05, 3.63) is 29.7 Å². The van der Waals surface area contributed by atoms with Crippen LogP contribution in [-0.4, -0.2) is 4.98 Å². The maximum Gasteiger partial charge on any atom is 0.302 e. The maximum absolute atomic E-state index is 13.0. The van der Waals surface area contributed by atoms with E-state index in [-0.39, 0.29) is 5.76 Å². The number of halogens is 2. The molecule has 0 saturated carbocycles. The van der Waals surface area contributed by atoms with Gasteiger partial charge in [-0.15, -0.1) is 0 Å². The second kappa shape index (κ2) is 3.29. The van der Waals surface area contributed by atoms with Crippen molar-refractivity contribution in [3.8, 4) is 0 Å². The first-order valence-electron chi connectivity index (χ1n) is 4.78. The summed E-state index contributed by atoms with van der Waals surface area (Å²) in [4.78, 5) is 4.00. The molecule has 2 rings (SSSR count). The van der Waals surface area contributed by atoms with Crippen LogP contribution in [0.1, 0.15) is 25.2 Å². The molecule has 80 valence electrons. The Morgan fingerprint density at radius 1 is 1.47 bits per heavy atom. The van der Waals surface area contributed by atoms with Gasteiger partial charge >= 0.3 is 5.92 Å². The number of hydrogen-bond donors (Lipinski definition) is 0. The van der Waals surface area contributed by atoms with Crippen LogP contribution in [0.25, 0.3) is 11.1 Å². The summed E-state index contributed by atoms with van der Waals surface area (Å²) >= 11 is 0. The predicted octanol–water partition coefficient (Wildman–Crippen LogP) is 3.50. The monoisotopic (exact) mass is 211 g/mol. The van der Waals surface area contributed by atoms with Crippen molar-refractivity contribution in [3.63, 3.8) is 0 Å². The van der Waals surface area contributed by atoms with Crippen LogP contribution in [0.4, 0.5) is 8.78 Å². The lowest BCUT2D eigenvalue weighted by molar-refractivity contribution is -0.00385. The van der Waals surface area contributed by atoms with Gasteiger partial charge < -0.3 is 4.42 Å². The summed E-state index contributed by atoms with van der Waals surface area (Å²) in [6, 6.07) is 3.08. The van der Waals surface area contributed by atoms with Gasteiger partial charge in [-0.2, -0.15) is 8.78 Å². The lowest BCUT2D eigenvalue weighted by Crippen LogP contribution is -2.04. The highest BCUT2D eigenvalue weighted by Crippen LogP contribution is 2.32. The smallest absolute Gasteiger partial charge is 0.302 e. The van der Waals surface area contributed by atoms with Crippen molar-refractivity contribution in [2.45, 2.75) is 26.2 Å². The van der Waals surface area contributed by atoms with Crippen molar-refractivity contribution >= 4 is 11.1 Å². The number of alkyl halides is 2. The molecule has 0 bridgehead atoms. The average molecular weight is 211 g/mol. The fraction of sp³-hybridized carbons (Fsp3) is 0.364. The number of fused-ring (bicyclic) bond motifs is 1. The van der Waals surface area contributed by atoms with Gasteiger partial charge in [0.1, 0.15) is 5.52 Å². The number of furan rings is 1. The van der Waals surface area contributed by atoms with E-state index in [2.05, 4.69) is 4.98 Å². The highest BCUT2D eigenvalue weighted by Gasteiger charge is 2.29. The molecule has 0 atom stereocenters.